The lowest BCUT2D eigenvalue weighted by Gasteiger charge is -2.27. The van der Waals surface area contributed by atoms with E-state index in [4.69, 9.17) is 11.6 Å². The van der Waals surface area contributed by atoms with Crippen molar-refractivity contribution in [2.24, 2.45) is 5.92 Å². The van der Waals surface area contributed by atoms with E-state index >= 15 is 0 Å². The summed E-state index contributed by atoms with van der Waals surface area (Å²) >= 11 is 5.84. The van der Waals surface area contributed by atoms with E-state index in [1.807, 2.05) is 0 Å². The van der Waals surface area contributed by atoms with Crippen LogP contribution in [0.3, 0.4) is 0 Å². The lowest BCUT2D eigenvalue weighted by Crippen LogP contribution is -2.21. The maximum atomic E-state index is 13.2. The highest BCUT2D eigenvalue weighted by molar-refractivity contribution is 6.31. The van der Waals surface area contributed by atoms with Gasteiger partial charge in [-0.1, -0.05) is 43.0 Å². The van der Waals surface area contributed by atoms with Crippen LogP contribution in [0.15, 0.2) is 18.2 Å². The zero-order valence-electron chi connectivity index (χ0n) is 9.13. The molecule has 0 saturated heterocycles. The van der Waals surface area contributed by atoms with Gasteiger partial charge in [0.25, 0.3) is 0 Å². The molecule has 0 radical (unpaired) electrons. The molecule has 1 aromatic carbocycles. The minimum absolute atomic E-state index is 0.148. The Hall–Kier alpha value is -0.600. The summed E-state index contributed by atoms with van der Waals surface area (Å²) in [5.41, 5.74) is 0.702. The third-order valence-corrected chi connectivity index (χ3v) is 3.74. The van der Waals surface area contributed by atoms with E-state index in [1.54, 1.807) is 12.1 Å². The number of halogens is 2. The molecule has 0 spiro atoms. The first kappa shape index (κ1) is 11.9. The number of aliphatic hydroxyl groups excluding tert-OH is 1. The molecule has 1 aliphatic rings. The molecule has 0 amide bonds. The van der Waals surface area contributed by atoms with Crippen LogP contribution in [0.5, 0.6) is 0 Å². The third-order valence-electron chi connectivity index (χ3n) is 3.32. The SMILES string of the molecule is OC(Cc1cccc(F)c1Cl)CC1CCC1. The molecule has 3 heteroatoms. The first-order valence-electron chi connectivity index (χ1n) is 5.77. The summed E-state index contributed by atoms with van der Waals surface area (Å²) in [4.78, 5) is 0. The third kappa shape index (κ3) is 2.74. The molecule has 88 valence electrons. The molecule has 0 heterocycles. The van der Waals surface area contributed by atoms with E-state index in [1.165, 1.54) is 25.3 Å². The van der Waals surface area contributed by atoms with E-state index in [2.05, 4.69) is 0 Å². The Labute approximate surface area is 100 Å². The van der Waals surface area contributed by atoms with Gasteiger partial charge in [-0.2, -0.15) is 0 Å². The van der Waals surface area contributed by atoms with Crippen LogP contribution >= 0.6 is 11.6 Å². The second kappa shape index (κ2) is 5.15. The molecular formula is C13H16ClFO. The molecule has 1 aliphatic carbocycles. The van der Waals surface area contributed by atoms with Crippen molar-refractivity contribution in [2.75, 3.05) is 0 Å². The second-order valence-corrected chi connectivity index (χ2v) is 4.98. The normalized spacial score (nSPS) is 18.2. The summed E-state index contributed by atoms with van der Waals surface area (Å²) in [6, 6.07) is 4.74. The zero-order valence-corrected chi connectivity index (χ0v) is 9.88. The quantitative estimate of drug-likeness (QED) is 0.856. The van der Waals surface area contributed by atoms with Crippen molar-refractivity contribution in [1.29, 1.82) is 0 Å². The predicted molar refractivity (Wildman–Crippen MR) is 63.1 cm³/mol. The second-order valence-electron chi connectivity index (χ2n) is 4.60. The largest absolute Gasteiger partial charge is 0.393 e. The molecule has 0 aromatic heterocycles. The van der Waals surface area contributed by atoms with Gasteiger partial charge in [-0.05, 0) is 30.4 Å². The molecule has 1 saturated carbocycles. The number of hydrogen-bond donors (Lipinski definition) is 1. The van der Waals surface area contributed by atoms with Crippen LogP contribution in [-0.4, -0.2) is 11.2 Å². The van der Waals surface area contributed by atoms with Gasteiger partial charge in [0, 0.05) is 0 Å². The Balaban J connectivity index is 1.94. The molecule has 16 heavy (non-hydrogen) atoms. The smallest absolute Gasteiger partial charge is 0.142 e. The van der Waals surface area contributed by atoms with Crippen LogP contribution in [0.25, 0.3) is 0 Å². The van der Waals surface area contributed by atoms with Gasteiger partial charge in [0.15, 0.2) is 0 Å². The van der Waals surface area contributed by atoms with Gasteiger partial charge in [0.1, 0.15) is 5.82 Å². The van der Waals surface area contributed by atoms with E-state index in [0.717, 1.165) is 6.42 Å². The molecule has 1 fully saturated rings. The van der Waals surface area contributed by atoms with Crippen LogP contribution in [0.2, 0.25) is 5.02 Å². The Bertz CT molecular complexity index is 363. The molecule has 1 aromatic rings. The number of aliphatic hydroxyl groups is 1. The van der Waals surface area contributed by atoms with Gasteiger partial charge in [-0.15, -0.1) is 0 Å². The molecule has 1 unspecified atom stereocenters. The fourth-order valence-corrected chi connectivity index (χ4v) is 2.36. The van der Waals surface area contributed by atoms with E-state index in [9.17, 15) is 9.50 Å². The monoisotopic (exact) mass is 242 g/mol. The van der Waals surface area contributed by atoms with Gasteiger partial charge in [-0.25, -0.2) is 4.39 Å². The Morgan fingerprint density at radius 3 is 2.81 bits per heavy atom. The van der Waals surface area contributed by atoms with Crippen LogP contribution < -0.4 is 0 Å². The Morgan fingerprint density at radius 2 is 2.19 bits per heavy atom. The molecule has 1 nitrogen and oxygen atoms in total. The van der Waals surface area contributed by atoms with Gasteiger partial charge in [0.05, 0.1) is 11.1 Å². The minimum atomic E-state index is -0.407. The van der Waals surface area contributed by atoms with Gasteiger partial charge in [0.2, 0.25) is 0 Å². The van der Waals surface area contributed by atoms with Crippen molar-refractivity contribution in [1.82, 2.24) is 0 Å². The molecule has 0 bridgehead atoms. The van der Waals surface area contributed by atoms with Crippen LogP contribution in [0.1, 0.15) is 31.2 Å². The van der Waals surface area contributed by atoms with E-state index in [0.29, 0.717) is 17.9 Å². The van der Waals surface area contributed by atoms with E-state index < -0.39 is 11.9 Å². The summed E-state index contributed by atoms with van der Waals surface area (Å²) in [7, 11) is 0. The first-order chi connectivity index (χ1) is 7.66. The average Bonchev–Trinajstić information content (AvgIpc) is 2.19. The Kier molecular flexibility index (Phi) is 3.82. The molecule has 2 rings (SSSR count). The maximum absolute atomic E-state index is 13.2. The van der Waals surface area contributed by atoms with Gasteiger partial charge in [-0.3, -0.25) is 0 Å². The highest BCUT2D eigenvalue weighted by Crippen LogP contribution is 2.31. The fourth-order valence-electron chi connectivity index (χ4n) is 2.16. The lowest BCUT2D eigenvalue weighted by atomic mass is 9.80. The van der Waals surface area contributed by atoms with Crippen molar-refractivity contribution in [3.8, 4) is 0 Å². The topological polar surface area (TPSA) is 20.2 Å². The first-order valence-corrected chi connectivity index (χ1v) is 6.15. The predicted octanol–water partition coefficient (Wildman–Crippen LogP) is 3.57. The number of benzene rings is 1. The summed E-state index contributed by atoms with van der Waals surface area (Å²) in [5.74, 6) is 0.248. The van der Waals surface area contributed by atoms with Crippen molar-refractivity contribution in [3.63, 3.8) is 0 Å². The Morgan fingerprint density at radius 1 is 1.44 bits per heavy atom. The number of rotatable bonds is 4. The maximum Gasteiger partial charge on any atom is 0.142 e. The van der Waals surface area contributed by atoms with Crippen molar-refractivity contribution in [3.05, 3.63) is 34.6 Å². The molecule has 0 aliphatic heterocycles. The van der Waals surface area contributed by atoms with Gasteiger partial charge < -0.3 is 5.11 Å². The molecular weight excluding hydrogens is 227 g/mol. The average molecular weight is 243 g/mol. The standard InChI is InChI=1S/C13H16ClFO/c14-13-10(5-2-6-12(13)15)8-11(16)7-9-3-1-4-9/h2,5-6,9,11,16H,1,3-4,7-8H2. The van der Waals surface area contributed by atoms with Crippen molar-refractivity contribution >= 4 is 11.6 Å². The zero-order chi connectivity index (χ0) is 11.5. The molecule has 1 atom stereocenters. The number of hydrogen-bond acceptors (Lipinski definition) is 1. The highest BCUT2D eigenvalue weighted by Gasteiger charge is 2.21. The van der Waals surface area contributed by atoms with Crippen molar-refractivity contribution in [2.45, 2.75) is 38.2 Å². The van der Waals surface area contributed by atoms with Crippen LogP contribution in [0.4, 0.5) is 4.39 Å². The van der Waals surface area contributed by atoms with E-state index in [-0.39, 0.29) is 5.02 Å². The van der Waals surface area contributed by atoms with Crippen LogP contribution in [-0.2, 0) is 6.42 Å². The summed E-state index contributed by atoms with van der Waals surface area (Å²) in [6.45, 7) is 0. The minimum Gasteiger partial charge on any atom is -0.393 e. The summed E-state index contributed by atoms with van der Waals surface area (Å²) in [6.07, 6.45) is 4.57. The van der Waals surface area contributed by atoms with Crippen molar-refractivity contribution < 1.29 is 9.50 Å². The lowest BCUT2D eigenvalue weighted by molar-refractivity contribution is 0.118. The summed E-state index contributed by atoms with van der Waals surface area (Å²) in [5, 5.41) is 10.0. The highest BCUT2D eigenvalue weighted by atomic mass is 35.5. The van der Waals surface area contributed by atoms with Gasteiger partial charge >= 0.3 is 0 Å². The molecule has 1 N–H and O–H groups in total. The summed E-state index contributed by atoms with van der Waals surface area (Å²) < 4.78 is 13.2. The fraction of sp³-hybridized carbons (Fsp3) is 0.538. The van der Waals surface area contributed by atoms with Crippen LogP contribution in [0, 0.1) is 11.7 Å².